The van der Waals surface area contributed by atoms with Gasteiger partial charge in [0.05, 0.1) is 17.5 Å². The van der Waals surface area contributed by atoms with Crippen molar-refractivity contribution < 1.29 is 18.8 Å². The van der Waals surface area contributed by atoms with E-state index in [1.54, 1.807) is 20.3 Å². The lowest BCUT2D eigenvalue weighted by molar-refractivity contribution is -0.0914. The van der Waals surface area contributed by atoms with Gasteiger partial charge in [-0.15, -0.1) is 0 Å². The van der Waals surface area contributed by atoms with Crippen LogP contribution in [0.15, 0.2) is 40.9 Å². The molecule has 6 nitrogen and oxygen atoms in total. The third-order valence-corrected chi connectivity index (χ3v) is 4.27. The van der Waals surface area contributed by atoms with Crippen molar-refractivity contribution in [1.29, 1.82) is 0 Å². The van der Waals surface area contributed by atoms with E-state index in [1.165, 1.54) is 0 Å². The van der Waals surface area contributed by atoms with Crippen molar-refractivity contribution in [2.75, 3.05) is 26.1 Å². The number of hydrogen-bond acceptors (Lipinski definition) is 6. The van der Waals surface area contributed by atoms with Crippen LogP contribution >= 0.6 is 0 Å². The van der Waals surface area contributed by atoms with E-state index in [2.05, 4.69) is 10.5 Å². The zero-order valence-electron chi connectivity index (χ0n) is 13.3. The summed E-state index contributed by atoms with van der Waals surface area (Å²) in [4.78, 5) is 13.0. The summed E-state index contributed by atoms with van der Waals surface area (Å²) in [6.07, 6.45) is -0.402. The van der Waals surface area contributed by atoms with E-state index in [9.17, 15) is 4.79 Å². The SMILES string of the molecule is COC(CNc1ccc2noc3c2c1C(=O)c1ccccc1-3)OC. The van der Waals surface area contributed by atoms with Crippen LogP contribution in [-0.4, -0.2) is 38.0 Å². The fourth-order valence-corrected chi connectivity index (χ4v) is 3.08. The van der Waals surface area contributed by atoms with Crippen molar-refractivity contribution in [3.63, 3.8) is 0 Å². The number of anilines is 1. The molecule has 0 fully saturated rings. The van der Waals surface area contributed by atoms with Crippen molar-refractivity contribution in [2.24, 2.45) is 0 Å². The van der Waals surface area contributed by atoms with Gasteiger partial charge in [0.25, 0.3) is 0 Å². The first-order valence-corrected chi connectivity index (χ1v) is 7.60. The van der Waals surface area contributed by atoms with Gasteiger partial charge >= 0.3 is 0 Å². The van der Waals surface area contributed by atoms with Crippen molar-refractivity contribution in [1.82, 2.24) is 5.16 Å². The quantitative estimate of drug-likeness (QED) is 0.569. The van der Waals surface area contributed by atoms with Crippen LogP contribution in [-0.2, 0) is 9.47 Å². The summed E-state index contributed by atoms with van der Waals surface area (Å²) < 4.78 is 15.9. The fraction of sp³-hybridized carbons (Fsp3) is 0.222. The molecule has 0 amide bonds. The Labute approximate surface area is 138 Å². The molecule has 0 saturated heterocycles. The molecule has 122 valence electrons. The molecule has 24 heavy (non-hydrogen) atoms. The summed E-state index contributed by atoms with van der Waals surface area (Å²) in [5.41, 5.74) is 3.36. The standard InChI is InChI=1S/C18H16N2O4/c1-22-14(23-2)9-19-12-7-8-13-16-15(12)17(21)10-5-3-4-6-11(10)18(16)24-20-13/h3-8,14,19H,9H2,1-2H3. The topological polar surface area (TPSA) is 73.6 Å². The molecule has 4 rings (SSSR count). The second-order valence-corrected chi connectivity index (χ2v) is 5.55. The number of methoxy groups -OCH3 is 2. The second kappa shape index (κ2) is 5.74. The van der Waals surface area contributed by atoms with Gasteiger partial charge in [-0.05, 0) is 12.1 Å². The number of ether oxygens (including phenoxy) is 2. The van der Waals surface area contributed by atoms with E-state index in [1.807, 2.05) is 30.3 Å². The molecule has 1 N–H and O–H groups in total. The Hall–Kier alpha value is -2.70. The molecule has 2 aromatic carbocycles. The maximum atomic E-state index is 13.0. The molecular weight excluding hydrogens is 308 g/mol. The number of aromatic nitrogens is 1. The molecular formula is C18H16N2O4. The Morgan fingerprint density at radius 1 is 1.12 bits per heavy atom. The van der Waals surface area contributed by atoms with Gasteiger partial charge in [0.2, 0.25) is 0 Å². The predicted octanol–water partition coefficient (Wildman–Crippen LogP) is 3.07. The third-order valence-electron chi connectivity index (χ3n) is 4.27. The number of benzene rings is 2. The Morgan fingerprint density at radius 3 is 2.62 bits per heavy atom. The third kappa shape index (κ3) is 2.11. The highest BCUT2D eigenvalue weighted by Gasteiger charge is 2.31. The monoisotopic (exact) mass is 324 g/mol. The molecule has 0 aliphatic heterocycles. The lowest BCUT2D eigenvalue weighted by atomic mass is 9.87. The van der Waals surface area contributed by atoms with Gasteiger partial charge in [0.15, 0.2) is 17.8 Å². The molecule has 1 heterocycles. The summed E-state index contributed by atoms with van der Waals surface area (Å²) in [7, 11) is 3.14. The number of hydrogen-bond donors (Lipinski definition) is 1. The minimum absolute atomic E-state index is 0.0409. The second-order valence-electron chi connectivity index (χ2n) is 5.55. The lowest BCUT2D eigenvalue weighted by Crippen LogP contribution is -2.24. The highest BCUT2D eigenvalue weighted by atomic mass is 16.7. The lowest BCUT2D eigenvalue weighted by Gasteiger charge is -2.19. The summed E-state index contributed by atoms with van der Waals surface area (Å²) in [6.45, 7) is 0.418. The highest BCUT2D eigenvalue weighted by Crippen LogP contribution is 2.42. The van der Waals surface area contributed by atoms with Gasteiger partial charge < -0.3 is 19.3 Å². The number of fused-ring (bicyclic) bond motifs is 2. The number of nitrogens with zero attached hydrogens (tertiary/aromatic N) is 1. The van der Waals surface area contributed by atoms with Crippen molar-refractivity contribution in [3.05, 3.63) is 47.5 Å². The van der Waals surface area contributed by atoms with Crippen molar-refractivity contribution in [2.45, 2.75) is 6.29 Å². The molecule has 0 unspecified atom stereocenters. The van der Waals surface area contributed by atoms with E-state index >= 15 is 0 Å². The summed E-state index contributed by atoms with van der Waals surface area (Å²) in [5.74, 6) is 0.592. The highest BCUT2D eigenvalue weighted by molar-refractivity contribution is 6.27. The Balaban J connectivity index is 1.86. The van der Waals surface area contributed by atoms with Crippen LogP contribution in [0.1, 0.15) is 15.9 Å². The number of ketones is 1. The molecule has 0 radical (unpaired) electrons. The summed E-state index contributed by atoms with van der Waals surface area (Å²) in [5, 5.41) is 8.06. The zero-order valence-corrected chi connectivity index (χ0v) is 13.3. The molecule has 3 aromatic rings. The maximum absolute atomic E-state index is 13.0. The molecule has 1 aromatic heterocycles. The molecule has 6 heteroatoms. The first-order valence-electron chi connectivity index (χ1n) is 7.60. The van der Waals surface area contributed by atoms with Crippen LogP contribution in [0.5, 0.6) is 0 Å². The van der Waals surface area contributed by atoms with Gasteiger partial charge in [-0.1, -0.05) is 29.4 Å². The largest absolute Gasteiger partial charge is 0.379 e. The smallest absolute Gasteiger partial charge is 0.196 e. The van der Waals surface area contributed by atoms with Crippen LogP contribution in [0.25, 0.3) is 22.2 Å². The first kappa shape index (κ1) is 14.9. The first-order chi connectivity index (χ1) is 11.7. The Morgan fingerprint density at radius 2 is 1.88 bits per heavy atom. The normalized spacial score (nSPS) is 12.7. The van der Waals surface area contributed by atoms with Gasteiger partial charge in [-0.2, -0.15) is 0 Å². The van der Waals surface area contributed by atoms with E-state index in [0.717, 1.165) is 10.9 Å². The summed E-state index contributed by atoms with van der Waals surface area (Å²) >= 11 is 0. The van der Waals surface area contributed by atoms with E-state index < -0.39 is 6.29 Å². The number of rotatable bonds is 5. The average molecular weight is 324 g/mol. The van der Waals surface area contributed by atoms with Crippen LogP contribution < -0.4 is 5.32 Å². The molecule has 0 bridgehead atoms. The predicted molar refractivity (Wildman–Crippen MR) is 89.2 cm³/mol. The van der Waals surface area contributed by atoms with Crippen LogP contribution in [0.3, 0.4) is 0 Å². The molecule has 0 atom stereocenters. The number of carbonyl (C=O) groups is 1. The van der Waals surface area contributed by atoms with Gasteiger partial charge in [-0.3, -0.25) is 4.79 Å². The van der Waals surface area contributed by atoms with Crippen molar-refractivity contribution in [3.8, 4) is 11.3 Å². The molecule has 0 saturated carbocycles. The van der Waals surface area contributed by atoms with E-state index in [-0.39, 0.29) is 5.78 Å². The number of nitrogens with one attached hydrogen (secondary N) is 1. The van der Waals surface area contributed by atoms with Crippen LogP contribution in [0.2, 0.25) is 0 Å². The Bertz CT molecular complexity index is 928. The van der Waals surface area contributed by atoms with Crippen LogP contribution in [0, 0.1) is 0 Å². The summed E-state index contributed by atoms with van der Waals surface area (Å²) in [6, 6.07) is 11.1. The fourth-order valence-electron chi connectivity index (χ4n) is 3.08. The molecule has 0 spiro atoms. The average Bonchev–Trinajstić information content (AvgIpc) is 3.05. The Kier molecular flexibility index (Phi) is 3.55. The molecule has 1 aliphatic carbocycles. The number of carbonyl (C=O) groups excluding carboxylic acids is 1. The van der Waals surface area contributed by atoms with E-state index in [0.29, 0.717) is 34.6 Å². The molecule has 1 aliphatic rings. The van der Waals surface area contributed by atoms with Crippen LogP contribution in [0.4, 0.5) is 5.69 Å². The minimum Gasteiger partial charge on any atom is -0.379 e. The van der Waals surface area contributed by atoms with Gasteiger partial charge in [-0.25, -0.2) is 0 Å². The van der Waals surface area contributed by atoms with E-state index in [4.69, 9.17) is 14.0 Å². The maximum Gasteiger partial charge on any atom is 0.196 e. The van der Waals surface area contributed by atoms with Crippen molar-refractivity contribution >= 4 is 22.4 Å². The van der Waals surface area contributed by atoms with Gasteiger partial charge in [0, 0.05) is 31.0 Å². The minimum atomic E-state index is -0.402. The van der Waals surface area contributed by atoms with Gasteiger partial charge in [0.1, 0.15) is 5.52 Å². The zero-order chi connectivity index (χ0) is 16.7.